The van der Waals surface area contributed by atoms with Crippen molar-refractivity contribution in [1.29, 1.82) is 0 Å². The number of nitrogens with one attached hydrogen (secondary N) is 1. The van der Waals surface area contributed by atoms with Crippen molar-refractivity contribution in [2.75, 3.05) is 6.54 Å². The molecule has 1 nitrogen and oxygen atoms in total. The summed E-state index contributed by atoms with van der Waals surface area (Å²) in [5, 5.41) is 5.49. The number of hydrogen-bond donors (Lipinski definition) is 1. The molecule has 1 N–H and O–H groups in total. The first-order valence-corrected chi connectivity index (χ1v) is 5.07. The largest absolute Gasteiger partial charge is 0.306 e. The topological polar surface area (TPSA) is 12.0 Å². The predicted octanol–water partition coefficient (Wildman–Crippen LogP) is 2.89. The molecule has 0 saturated carbocycles. The number of thiophene rings is 1. The van der Waals surface area contributed by atoms with Gasteiger partial charge in [-0.1, -0.05) is 13.0 Å². The van der Waals surface area contributed by atoms with Crippen LogP contribution in [0.1, 0.15) is 23.4 Å². The minimum atomic E-state index is 0.329. The fourth-order valence-electron chi connectivity index (χ4n) is 1.21. The molecule has 12 heavy (non-hydrogen) atoms. The molecule has 1 heterocycles. The van der Waals surface area contributed by atoms with Gasteiger partial charge in [0.25, 0.3) is 0 Å². The van der Waals surface area contributed by atoms with Crippen LogP contribution < -0.4 is 5.32 Å². The third-order valence-electron chi connectivity index (χ3n) is 1.84. The average molecular weight is 181 g/mol. The van der Waals surface area contributed by atoms with Crippen LogP contribution in [0.4, 0.5) is 0 Å². The highest BCUT2D eigenvalue weighted by Crippen LogP contribution is 2.24. The minimum absolute atomic E-state index is 0.329. The molecule has 0 saturated heterocycles. The first-order chi connectivity index (χ1) is 5.79. The molecule has 1 unspecified atom stereocenters. The van der Waals surface area contributed by atoms with Crippen LogP contribution in [0.2, 0.25) is 0 Å². The third-order valence-corrected chi connectivity index (χ3v) is 2.95. The van der Waals surface area contributed by atoms with Crippen molar-refractivity contribution in [3.05, 3.63) is 34.5 Å². The zero-order valence-corrected chi connectivity index (χ0v) is 8.45. The monoisotopic (exact) mass is 181 g/mol. The Balaban J connectivity index is 2.79. The number of rotatable bonds is 4. The van der Waals surface area contributed by atoms with E-state index in [2.05, 4.69) is 37.2 Å². The summed E-state index contributed by atoms with van der Waals surface area (Å²) in [7, 11) is 0. The number of hydrogen-bond acceptors (Lipinski definition) is 2. The Morgan fingerprint density at radius 1 is 1.75 bits per heavy atom. The summed E-state index contributed by atoms with van der Waals surface area (Å²) in [6, 6.07) is 2.48. The Morgan fingerprint density at radius 3 is 2.92 bits per heavy atom. The van der Waals surface area contributed by atoms with Gasteiger partial charge in [0.05, 0.1) is 6.04 Å². The van der Waals surface area contributed by atoms with Gasteiger partial charge >= 0.3 is 0 Å². The van der Waals surface area contributed by atoms with E-state index in [0.717, 1.165) is 6.54 Å². The van der Waals surface area contributed by atoms with E-state index >= 15 is 0 Å². The molecule has 0 aliphatic carbocycles. The van der Waals surface area contributed by atoms with Gasteiger partial charge in [0.2, 0.25) is 0 Å². The summed E-state index contributed by atoms with van der Waals surface area (Å²) in [6.45, 7) is 9.05. The SMILES string of the molecule is C=CC(NCC)c1sccc1C. The molecular weight excluding hydrogens is 166 g/mol. The van der Waals surface area contributed by atoms with E-state index in [1.807, 2.05) is 6.08 Å². The summed E-state index contributed by atoms with van der Waals surface area (Å²) < 4.78 is 0. The first kappa shape index (κ1) is 9.49. The highest BCUT2D eigenvalue weighted by molar-refractivity contribution is 7.10. The van der Waals surface area contributed by atoms with E-state index < -0.39 is 0 Å². The van der Waals surface area contributed by atoms with E-state index in [1.165, 1.54) is 10.4 Å². The normalized spacial score (nSPS) is 12.8. The molecule has 2 heteroatoms. The fraction of sp³-hybridized carbons (Fsp3) is 0.400. The molecule has 0 fully saturated rings. The molecule has 1 atom stereocenters. The second kappa shape index (κ2) is 4.43. The van der Waals surface area contributed by atoms with Crippen molar-refractivity contribution in [2.24, 2.45) is 0 Å². The van der Waals surface area contributed by atoms with Gasteiger partial charge in [-0.25, -0.2) is 0 Å². The Hall–Kier alpha value is -0.600. The Labute approximate surface area is 78.1 Å². The van der Waals surface area contributed by atoms with Crippen LogP contribution in [-0.2, 0) is 0 Å². The molecule has 0 bridgehead atoms. The van der Waals surface area contributed by atoms with Crippen molar-refractivity contribution >= 4 is 11.3 Å². The van der Waals surface area contributed by atoms with E-state index in [-0.39, 0.29) is 0 Å². The molecule has 0 aromatic carbocycles. The van der Waals surface area contributed by atoms with Crippen LogP contribution in [0, 0.1) is 6.92 Å². The lowest BCUT2D eigenvalue weighted by atomic mass is 10.1. The van der Waals surface area contributed by atoms with Gasteiger partial charge in [0.15, 0.2) is 0 Å². The molecule has 0 amide bonds. The van der Waals surface area contributed by atoms with Crippen LogP contribution in [0.5, 0.6) is 0 Å². The van der Waals surface area contributed by atoms with Gasteiger partial charge in [-0.05, 0) is 30.5 Å². The van der Waals surface area contributed by atoms with Crippen LogP contribution in [0.3, 0.4) is 0 Å². The standard InChI is InChI=1S/C10H15NS/c1-4-9(11-5-2)10-8(3)6-7-12-10/h4,6-7,9,11H,1,5H2,2-3H3. The van der Waals surface area contributed by atoms with E-state index in [9.17, 15) is 0 Å². The zero-order valence-electron chi connectivity index (χ0n) is 7.63. The maximum absolute atomic E-state index is 3.82. The van der Waals surface area contributed by atoms with E-state index in [1.54, 1.807) is 11.3 Å². The summed E-state index contributed by atoms with van der Waals surface area (Å²) in [4.78, 5) is 1.38. The fourth-order valence-corrected chi connectivity index (χ4v) is 2.20. The molecule has 0 aliphatic heterocycles. The van der Waals surface area contributed by atoms with Gasteiger partial charge in [-0.2, -0.15) is 0 Å². The van der Waals surface area contributed by atoms with Crippen molar-refractivity contribution in [1.82, 2.24) is 5.32 Å². The van der Waals surface area contributed by atoms with Crippen molar-refractivity contribution < 1.29 is 0 Å². The maximum Gasteiger partial charge on any atom is 0.0600 e. The Bertz CT molecular complexity index is 252. The van der Waals surface area contributed by atoms with Crippen molar-refractivity contribution in [2.45, 2.75) is 19.9 Å². The van der Waals surface area contributed by atoms with E-state index in [0.29, 0.717) is 6.04 Å². The molecule has 1 rings (SSSR count). The molecule has 0 spiro atoms. The number of aryl methyl sites for hydroxylation is 1. The lowest BCUT2D eigenvalue weighted by Gasteiger charge is -2.12. The molecule has 66 valence electrons. The summed E-state index contributed by atoms with van der Waals surface area (Å²) >= 11 is 1.79. The lowest BCUT2D eigenvalue weighted by molar-refractivity contribution is 0.656. The smallest absolute Gasteiger partial charge is 0.0600 e. The Kier molecular flexibility index (Phi) is 3.50. The van der Waals surface area contributed by atoms with E-state index in [4.69, 9.17) is 0 Å². The Morgan fingerprint density at radius 2 is 2.50 bits per heavy atom. The van der Waals surface area contributed by atoms with Gasteiger partial charge in [-0.15, -0.1) is 17.9 Å². The van der Waals surface area contributed by atoms with Crippen LogP contribution in [-0.4, -0.2) is 6.54 Å². The van der Waals surface area contributed by atoms with Crippen LogP contribution >= 0.6 is 11.3 Å². The third kappa shape index (κ3) is 1.96. The van der Waals surface area contributed by atoms with Crippen LogP contribution in [0.15, 0.2) is 24.1 Å². The number of likely N-dealkylation sites (N-methyl/N-ethyl adjacent to an activating group) is 1. The van der Waals surface area contributed by atoms with Gasteiger partial charge in [0, 0.05) is 4.88 Å². The van der Waals surface area contributed by atoms with Gasteiger partial charge in [0.1, 0.15) is 0 Å². The second-order valence-electron chi connectivity index (χ2n) is 2.74. The summed E-state index contributed by atoms with van der Waals surface area (Å²) in [5.41, 5.74) is 1.35. The van der Waals surface area contributed by atoms with Gasteiger partial charge < -0.3 is 5.32 Å². The predicted molar refractivity (Wildman–Crippen MR) is 55.7 cm³/mol. The molecule has 1 aromatic heterocycles. The highest BCUT2D eigenvalue weighted by atomic mass is 32.1. The zero-order chi connectivity index (χ0) is 8.97. The molecule has 1 aromatic rings. The molecular formula is C10H15NS. The van der Waals surface area contributed by atoms with Gasteiger partial charge in [-0.3, -0.25) is 0 Å². The van der Waals surface area contributed by atoms with Crippen molar-refractivity contribution in [3.8, 4) is 0 Å². The maximum atomic E-state index is 3.82. The summed E-state index contributed by atoms with van der Waals surface area (Å²) in [6.07, 6.45) is 1.96. The molecule has 0 radical (unpaired) electrons. The molecule has 0 aliphatic rings. The lowest BCUT2D eigenvalue weighted by Crippen LogP contribution is -2.18. The highest BCUT2D eigenvalue weighted by Gasteiger charge is 2.08. The average Bonchev–Trinajstić information content (AvgIpc) is 2.47. The summed E-state index contributed by atoms with van der Waals surface area (Å²) in [5.74, 6) is 0. The first-order valence-electron chi connectivity index (χ1n) is 4.19. The second-order valence-corrected chi connectivity index (χ2v) is 3.69. The van der Waals surface area contributed by atoms with Crippen molar-refractivity contribution in [3.63, 3.8) is 0 Å². The van der Waals surface area contributed by atoms with Crippen LogP contribution in [0.25, 0.3) is 0 Å². The quantitative estimate of drug-likeness (QED) is 0.704. The minimum Gasteiger partial charge on any atom is -0.306 e.